The van der Waals surface area contributed by atoms with Crippen LogP contribution >= 0.6 is 0 Å². The second-order valence-electron chi connectivity index (χ2n) is 4.11. The van der Waals surface area contributed by atoms with Crippen molar-refractivity contribution in [2.24, 2.45) is 0 Å². The van der Waals surface area contributed by atoms with Gasteiger partial charge in [0, 0.05) is 12.0 Å². The van der Waals surface area contributed by atoms with Crippen molar-refractivity contribution in [3.63, 3.8) is 0 Å². The molecule has 2 aromatic rings. The van der Waals surface area contributed by atoms with Gasteiger partial charge in [-0.15, -0.1) is 0 Å². The molecular weight excluding hydrogens is 246 g/mol. The van der Waals surface area contributed by atoms with Crippen LogP contribution in [0, 0.1) is 0 Å². The number of ether oxygens (including phenoxy) is 1. The predicted octanol–water partition coefficient (Wildman–Crippen LogP) is 1.60. The highest BCUT2D eigenvalue weighted by atomic mass is 16.5. The van der Waals surface area contributed by atoms with E-state index >= 15 is 0 Å². The summed E-state index contributed by atoms with van der Waals surface area (Å²) in [5.74, 6) is 1.58. The molecule has 0 aliphatic carbocycles. The van der Waals surface area contributed by atoms with Gasteiger partial charge in [-0.25, -0.2) is 0 Å². The highest BCUT2D eigenvalue weighted by molar-refractivity contribution is 5.60. The quantitative estimate of drug-likeness (QED) is 0.771. The van der Waals surface area contributed by atoms with Crippen LogP contribution < -0.4 is 10.1 Å². The molecule has 2 N–H and O–H groups in total. The SMILES string of the molecule is CNCCCc1nc(-c2ccc(O)c(OC)c2)no1. The molecule has 1 aromatic carbocycles. The topological polar surface area (TPSA) is 80.4 Å². The fraction of sp³-hybridized carbons (Fsp3) is 0.385. The van der Waals surface area contributed by atoms with Gasteiger partial charge < -0.3 is 19.7 Å². The highest BCUT2D eigenvalue weighted by Crippen LogP contribution is 2.30. The van der Waals surface area contributed by atoms with Crippen LogP contribution in [0.4, 0.5) is 0 Å². The van der Waals surface area contributed by atoms with Crippen LogP contribution in [-0.4, -0.2) is 35.9 Å². The molecule has 0 amide bonds. The van der Waals surface area contributed by atoms with Crippen LogP contribution in [0.25, 0.3) is 11.4 Å². The molecule has 6 heteroatoms. The van der Waals surface area contributed by atoms with Gasteiger partial charge in [0.05, 0.1) is 7.11 Å². The van der Waals surface area contributed by atoms with Crippen molar-refractivity contribution in [1.82, 2.24) is 15.5 Å². The van der Waals surface area contributed by atoms with Crippen molar-refractivity contribution >= 4 is 0 Å². The molecule has 0 aliphatic heterocycles. The fourth-order valence-corrected chi connectivity index (χ4v) is 1.71. The van der Waals surface area contributed by atoms with Crippen LogP contribution in [0.1, 0.15) is 12.3 Å². The number of nitrogens with zero attached hydrogens (tertiary/aromatic N) is 2. The van der Waals surface area contributed by atoms with Crippen molar-refractivity contribution in [3.8, 4) is 22.9 Å². The molecule has 0 saturated carbocycles. The molecule has 2 rings (SSSR count). The number of benzene rings is 1. The van der Waals surface area contributed by atoms with Crippen LogP contribution in [0.3, 0.4) is 0 Å². The molecular formula is C13H17N3O3. The highest BCUT2D eigenvalue weighted by Gasteiger charge is 2.11. The average Bonchev–Trinajstić information content (AvgIpc) is 2.88. The maximum atomic E-state index is 9.53. The van der Waals surface area contributed by atoms with E-state index in [0.29, 0.717) is 17.5 Å². The molecule has 19 heavy (non-hydrogen) atoms. The van der Waals surface area contributed by atoms with E-state index in [1.807, 2.05) is 7.05 Å². The third kappa shape index (κ3) is 3.23. The summed E-state index contributed by atoms with van der Waals surface area (Å²) >= 11 is 0. The molecule has 1 heterocycles. The van der Waals surface area contributed by atoms with Crippen LogP contribution in [0.15, 0.2) is 22.7 Å². The Kier molecular flexibility index (Phi) is 4.35. The van der Waals surface area contributed by atoms with E-state index in [2.05, 4.69) is 15.5 Å². The number of methoxy groups -OCH3 is 1. The number of hydrogen-bond donors (Lipinski definition) is 2. The molecule has 0 fully saturated rings. The first kappa shape index (κ1) is 13.4. The zero-order chi connectivity index (χ0) is 13.7. The monoisotopic (exact) mass is 263 g/mol. The molecule has 0 atom stereocenters. The largest absolute Gasteiger partial charge is 0.504 e. The van der Waals surface area contributed by atoms with Gasteiger partial charge in [-0.3, -0.25) is 0 Å². The van der Waals surface area contributed by atoms with Gasteiger partial charge in [0.1, 0.15) is 0 Å². The van der Waals surface area contributed by atoms with Crippen LogP contribution in [-0.2, 0) is 6.42 Å². The van der Waals surface area contributed by atoms with Gasteiger partial charge in [0.2, 0.25) is 11.7 Å². The average molecular weight is 263 g/mol. The zero-order valence-corrected chi connectivity index (χ0v) is 11.0. The minimum absolute atomic E-state index is 0.0870. The Morgan fingerprint density at radius 2 is 2.26 bits per heavy atom. The summed E-state index contributed by atoms with van der Waals surface area (Å²) < 4.78 is 10.2. The van der Waals surface area contributed by atoms with E-state index in [4.69, 9.17) is 9.26 Å². The molecule has 0 bridgehead atoms. The van der Waals surface area contributed by atoms with E-state index < -0.39 is 0 Å². The summed E-state index contributed by atoms with van der Waals surface area (Å²) in [4.78, 5) is 4.31. The Morgan fingerprint density at radius 1 is 1.42 bits per heavy atom. The normalized spacial score (nSPS) is 10.6. The lowest BCUT2D eigenvalue weighted by Crippen LogP contribution is -2.08. The summed E-state index contributed by atoms with van der Waals surface area (Å²) in [6.07, 6.45) is 1.68. The molecule has 102 valence electrons. The Bertz CT molecular complexity index is 540. The lowest BCUT2D eigenvalue weighted by atomic mass is 10.2. The number of phenolic OH excluding ortho intramolecular Hbond substituents is 1. The molecule has 0 spiro atoms. The maximum Gasteiger partial charge on any atom is 0.227 e. The first-order valence-electron chi connectivity index (χ1n) is 6.09. The van der Waals surface area contributed by atoms with Gasteiger partial charge in [0.25, 0.3) is 0 Å². The van der Waals surface area contributed by atoms with Crippen molar-refractivity contribution in [2.75, 3.05) is 20.7 Å². The Hall–Kier alpha value is -2.08. The molecule has 0 saturated heterocycles. The van der Waals surface area contributed by atoms with Crippen molar-refractivity contribution in [1.29, 1.82) is 0 Å². The number of nitrogens with one attached hydrogen (secondary N) is 1. The molecule has 1 aromatic heterocycles. The van der Waals surface area contributed by atoms with E-state index in [0.717, 1.165) is 24.9 Å². The Labute approximate surface area is 111 Å². The van der Waals surface area contributed by atoms with E-state index in [1.54, 1.807) is 18.2 Å². The van der Waals surface area contributed by atoms with Crippen molar-refractivity contribution in [2.45, 2.75) is 12.8 Å². The molecule has 6 nitrogen and oxygen atoms in total. The lowest BCUT2D eigenvalue weighted by molar-refractivity contribution is 0.372. The zero-order valence-electron chi connectivity index (χ0n) is 11.0. The number of aryl methyl sites for hydroxylation is 1. The van der Waals surface area contributed by atoms with Crippen molar-refractivity contribution < 1.29 is 14.4 Å². The maximum absolute atomic E-state index is 9.53. The van der Waals surface area contributed by atoms with Crippen LogP contribution in [0.2, 0.25) is 0 Å². The second-order valence-corrected chi connectivity index (χ2v) is 4.11. The predicted molar refractivity (Wildman–Crippen MR) is 70.2 cm³/mol. The van der Waals surface area contributed by atoms with Crippen LogP contribution in [0.5, 0.6) is 11.5 Å². The van der Waals surface area contributed by atoms with Gasteiger partial charge in [0.15, 0.2) is 11.5 Å². The van der Waals surface area contributed by atoms with E-state index in [9.17, 15) is 5.11 Å². The fourth-order valence-electron chi connectivity index (χ4n) is 1.71. The lowest BCUT2D eigenvalue weighted by Gasteiger charge is -2.03. The van der Waals surface area contributed by atoms with Crippen molar-refractivity contribution in [3.05, 3.63) is 24.1 Å². The smallest absolute Gasteiger partial charge is 0.227 e. The Morgan fingerprint density at radius 3 is 3.00 bits per heavy atom. The minimum atomic E-state index is 0.0870. The third-order valence-electron chi connectivity index (χ3n) is 2.72. The van der Waals surface area contributed by atoms with Gasteiger partial charge >= 0.3 is 0 Å². The third-order valence-corrected chi connectivity index (χ3v) is 2.72. The molecule has 0 unspecified atom stereocenters. The molecule has 0 radical (unpaired) electrons. The summed E-state index contributed by atoms with van der Waals surface area (Å²) in [6, 6.07) is 4.95. The van der Waals surface area contributed by atoms with Gasteiger partial charge in [-0.1, -0.05) is 5.16 Å². The number of hydrogen-bond acceptors (Lipinski definition) is 6. The summed E-state index contributed by atoms with van der Waals surface area (Å²) in [6.45, 7) is 0.907. The number of aromatic hydroxyl groups is 1. The van der Waals surface area contributed by atoms with Gasteiger partial charge in [-0.2, -0.15) is 4.98 Å². The summed E-state index contributed by atoms with van der Waals surface area (Å²) in [7, 11) is 3.40. The molecule has 0 aliphatic rings. The first-order chi connectivity index (χ1) is 9.24. The Balaban J connectivity index is 2.13. The first-order valence-corrected chi connectivity index (χ1v) is 6.09. The van der Waals surface area contributed by atoms with E-state index in [-0.39, 0.29) is 5.75 Å². The standard InChI is InChI=1S/C13H17N3O3/c1-14-7-3-4-12-15-13(16-19-12)9-5-6-10(17)11(8-9)18-2/h5-6,8,14,17H,3-4,7H2,1-2H3. The number of rotatable bonds is 6. The number of aromatic nitrogens is 2. The minimum Gasteiger partial charge on any atom is -0.504 e. The van der Waals surface area contributed by atoms with E-state index in [1.165, 1.54) is 7.11 Å². The van der Waals surface area contributed by atoms with Gasteiger partial charge in [-0.05, 0) is 38.2 Å². The second kappa shape index (κ2) is 6.19. The summed E-state index contributed by atoms with van der Waals surface area (Å²) in [5, 5.41) is 16.5. The number of phenols is 1. The summed E-state index contributed by atoms with van der Waals surface area (Å²) in [5.41, 5.74) is 0.748.